The highest BCUT2D eigenvalue weighted by Gasteiger charge is 2.52. The second-order valence-corrected chi connectivity index (χ2v) is 6.61. The predicted octanol–water partition coefficient (Wildman–Crippen LogP) is 3.08. The molecule has 3 atom stereocenters. The van der Waals surface area contributed by atoms with E-state index in [4.69, 9.17) is 4.99 Å². The topological polar surface area (TPSA) is 32.7 Å². The lowest BCUT2D eigenvalue weighted by molar-refractivity contribution is -0.148. The quantitative estimate of drug-likeness (QED) is 0.666. The highest BCUT2D eigenvalue weighted by atomic mass is 16.2. The van der Waals surface area contributed by atoms with E-state index in [1.165, 1.54) is 31.4 Å². The molecule has 0 aromatic carbocycles. The molecule has 1 saturated carbocycles. The van der Waals surface area contributed by atoms with Crippen molar-refractivity contribution >= 4 is 11.6 Å². The van der Waals surface area contributed by atoms with Crippen molar-refractivity contribution in [3.8, 4) is 0 Å². The fourth-order valence-corrected chi connectivity index (χ4v) is 4.50. The number of hydrogen-bond acceptors (Lipinski definition) is 2. The monoisotopic (exact) mass is 270 g/mol. The molecule has 2 heterocycles. The van der Waals surface area contributed by atoms with E-state index in [0.717, 1.165) is 25.8 Å². The third-order valence-corrected chi connectivity index (χ3v) is 5.53. The van der Waals surface area contributed by atoms with Gasteiger partial charge in [0.2, 0.25) is 5.91 Å². The summed E-state index contributed by atoms with van der Waals surface area (Å²) in [7, 11) is 0. The molecule has 1 amide bonds. The number of carbonyl (C=O) groups is 1. The molecule has 4 aliphatic rings. The Morgan fingerprint density at radius 3 is 3.10 bits per heavy atom. The average molecular weight is 270 g/mol. The SMILES string of the molecule is O=C1CCC2CCCCCC23N=C2C=CC=CC2CN13. The van der Waals surface area contributed by atoms with Crippen LogP contribution >= 0.6 is 0 Å². The Labute approximate surface area is 120 Å². The maximum Gasteiger partial charge on any atom is 0.224 e. The van der Waals surface area contributed by atoms with E-state index in [2.05, 4.69) is 29.2 Å². The van der Waals surface area contributed by atoms with Gasteiger partial charge in [-0.2, -0.15) is 0 Å². The van der Waals surface area contributed by atoms with E-state index >= 15 is 0 Å². The molecular formula is C17H22N2O. The number of hydrogen-bond donors (Lipinski definition) is 0. The van der Waals surface area contributed by atoms with Gasteiger partial charge in [0.15, 0.2) is 0 Å². The van der Waals surface area contributed by atoms with E-state index in [1.807, 2.05) is 0 Å². The van der Waals surface area contributed by atoms with Crippen molar-refractivity contribution in [3.05, 3.63) is 24.3 Å². The van der Waals surface area contributed by atoms with Crippen LogP contribution in [0.5, 0.6) is 0 Å². The standard InChI is InChI=1S/C17H22N2O/c20-16-10-9-14-7-2-1-5-11-17(14)18-15-8-4-3-6-13(15)12-19(16)17/h3-4,6,8,13-14H,1-2,5,7,9-12H2. The molecule has 2 aliphatic heterocycles. The molecule has 0 aromatic rings. The minimum absolute atomic E-state index is 0.201. The Morgan fingerprint density at radius 2 is 2.15 bits per heavy atom. The van der Waals surface area contributed by atoms with Crippen molar-refractivity contribution in [2.45, 2.75) is 50.6 Å². The molecule has 2 fully saturated rings. The van der Waals surface area contributed by atoms with Crippen molar-refractivity contribution in [1.29, 1.82) is 0 Å². The minimum Gasteiger partial charge on any atom is -0.317 e. The van der Waals surface area contributed by atoms with Crippen molar-refractivity contribution in [1.82, 2.24) is 4.90 Å². The molecule has 3 heteroatoms. The molecule has 0 bridgehead atoms. The van der Waals surface area contributed by atoms with Crippen LogP contribution in [0.15, 0.2) is 29.3 Å². The summed E-state index contributed by atoms with van der Waals surface area (Å²) < 4.78 is 0. The number of aliphatic imine (C=N–C) groups is 1. The third kappa shape index (κ3) is 1.72. The van der Waals surface area contributed by atoms with Gasteiger partial charge in [-0.3, -0.25) is 9.79 Å². The lowest BCUT2D eigenvalue weighted by atomic mass is 9.76. The van der Waals surface area contributed by atoms with E-state index < -0.39 is 0 Å². The van der Waals surface area contributed by atoms with Crippen LogP contribution in [0.4, 0.5) is 0 Å². The van der Waals surface area contributed by atoms with Crippen molar-refractivity contribution in [3.63, 3.8) is 0 Å². The van der Waals surface area contributed by atoms with E-state index in [9.17, 15) is 4.79 Å². The molecule has 0 N–H and O–H groups in total. The van der Waals surface area contributed by atoms with Crippen molar-refractivity contribution in [2.24, 2.45) is 16.8 Å². The van der Waals surface area contributed by atoms with Crippen LogP contribution in [0, 0.1) is 11.8 Å². The summed E-state index contributed by atoms with van der Waals surface area (Å²) in [6.07, 6.45) is 16.4. The lowest BCUT2D eigenvalue weighted by Crippen LogP contribution is -2.62. The maximum absolute atomic E-state index is 12.5. The van der Waals surface area contributed by atoms with Gasteiger partial charge < -0.3 is 4.90 Å². The number of allylic oxidation sites excluding steroid dienone is 3. The molecule has 2 aliphatic carbocycles. The number of fused-ring (bicyclic) bond motifs is 1. The van der Waals surface area contributed by atoms with E-state index in [1.54, 1.807) is 0 Å². The third-order valence-electron chi connectivity index (χ3n) is 5.53. The molecule has 3 unspecified atom stereocenters. The van der Waals surface area contributed by atoms with Gasteiger partial charge in [0.25, 0.3) is 0 Å². The molecule has 4 rings (SSSR count). The summed E-state index contributed by atoms with van der Waals surface area (Å²) in [5, 5.41) is 0. The van der Waals surface area contributed by atoms with Gasteiger partial charge in [0.05, 0.1) is 0 Å². The summed E-state index contributed by atoms with van der Waals surface area (Å²) in [6, 6.07) is 0. The molecule has 1 spiro atoms. The first-order valence-corrected chi connectivity index (χ1v) is 8.05. The smallest absolute Gasteiger partial charge is 0.224 e. The predicted molar refractivity (Wildman–Crippen MR) is 79.5 cm³/mol. The minimum atomic E-state index is -0.201. The zero-order chi connectivity index (χ0) is 13.6. The Morgan fingerprint density at radius 1 is 1.20 bits per heavy atom. The molecule has 0 radical (unpaired) electrons. The van der Waals surface area contributed by atoms with Crippen LogP contribution in [0.25, 0.3) is 0 Å². The van der Waals surface area contributed by atoms with Crippen LogP contribution in [0.3, 0.4) is 0 Å². The average Bonchev–Trinajstić information content (AvgIpc) is 2.67. The zero-order valence-corrected chi connectivity index (χ0v) is 11.9. The summed E-state index contributed by atoms with van der Waals surface area (Å²) in [4.78, 5) is 19.8. The van der Waals surface area contributed by atoms with E-state index in [-0.39, 0.29) is 5.66 Å². The van der Waals surface area contributed by atoms with Crippen LogP contribution < -0.4 is 0 Å². The number of piperidine rings is 1. The van der Waals surface area contributed by atoms with Crippen LogP contribution in [0.2, 0.25) is 0 Å². The van der Waals surface area contributed by atoms with Crippen molar-refractivity contribution < 1.29 is 4.79 Å². The molecule has 3 nitrogen and oxygen atoms in total. The van der Waals surface area contributed by atoms with Gasteiger partial charge in [-0.1, -0.05) is 31.1 Å². The number of nitrogens with zero attached hydrogens (tertiary/aromatic N) is 2. The number of rotatable bonds is 0. The van der Waals surface area contributed by atoms with Gasteiger partial charge in [0.1, 0.15) is 5.66 Å². The lowest BCUT2D eigenvalue weighted by Gasteiger charge is -2.53. The fourth-order valence-electron chi connectivity index (χ4n) is 4.50. The first-order chi connectivity index (χ1) is 9.79. The summed E-state index contributed by atoms with van der Waals surface area (Å²) in [5.41, 5.74) is 0.998. The first-order valence-electron chi connectivity index (χ1n) is 8.05. The largest absolute Gasteiger partial charge is 0.317 e. The second kappa shape index (κ2) is 4.57. The molecule has 1 saturated heterocycles. The Balaban J connectivity index is 1.81. The van der Waals surface area contributed by atoms with Crippen molar-refractivity contribution in [2.75, 3.05) is 6.54 Å². The van der Waals surface area contributed by atoms with Gasteiger partial charge >= 0.3 is 0 Å². The summed E-state index contributed by atoms with van der Waals surface area (Å²) >= 11 is 0. The highest BCUT2D eigenvalue weighted by molar-refractivity contribution is 6.01. The molecule has 0 aromatic heterocycles. The fraction of sp³-hybridized carbons (Fsp3) is 0.647. The Kier molecular flexibility index (Phi) is 2.83. The van der Waals surface area contributed by atoms with Gasteiger partial charge in [-0.25, -0.2) is 0 Å². The van der Waals surface area contributed by atoms with E-state index in [0.29, 0.717) is 17.7 Å². The molecule has 106 valence electrons. The number of amides is 1. The Bertz CT molecular complexity index is 519. The van der Waals surface area contributed by atoms with Crippen LogP contribution in [0.1, 0.15) is 44.9 Å². The first kappa shape index (κ1) is 12.4. The number of carbonyl (C=O) groups excluding carboxylic acids is 1. The highest BCUT2D eigenvalue weighted by Crippen LogP contribution is 2.47. The summed E-state index contributed by atoms with van der Waals surface area (Å²) in [5.74, 6) is 1.22. The Hall–Kier alpha value is -1.38. The normalized spacial score (nSPS) is 39.5. The van der Waals surface area contributed by atoms with Gasteiger partial charge in [0, 0.05) is 30.5 Å². The second-order valence-electron chi connectivity index (χ2n) is 6.61. The molecule has 20 heavy (non-hydrogen) atoms. The maximum atomic E-state index is 12.5. The molecular weight excluding hydrogens is 248 g/mol. The van der Waals surface area contributed by atoms with Gasteiger partial charge in [-0.05, 0) is 31.8 Å². The van der Waals surface area contributed by atoms with Crippen LogP contribution in [-0.4, -0.2) is 28.7 Å². The zero-order valence-electron chi connectivity index (χ0n) is 11.9. The summed E-state index contributed by atoms with van der Waals surface area (Å²) in [6.45, 7) is 0.842. The van der Waals surface area contributed by atoms with Gasteiger partial charge in [-0.15, -0.1) is 0 Å². The van der Waals surface area contributed by atoms with Crippen LogP contribution in [-0.2, 0) is 4.79 Å².